The number of hydrogen-bond acceptors (Lipinski definition) is 5. The van der Waals surface area contributed by atoms with Gasteiger partial charge in [-0.05, 0) is 79.1 Å². The van der Waals surface area contributed by atoms with Gasteiger partial charge in [0, 0.05) is 11.6 Å². The maximum atomic E-state index is 13.3. The lowest BCUT2D eigenvalue weighted by molar-refractivity contribution is 0.414. The standard InChI is InChI=1S/C22H21ClN2O5S2/c1-30-19-8-12-21(13-9-19)32(28,29)25-14-2-3-16-4-7-18(15-22(16)25)24-31(26,27)20-10-5-17(23)6-11-20/h4-13,15,24H,2-3,14H2,1H3. The summed E-state index contributed by atoms with van der Waals surface area (Å²) >= 11 is 5.84. The summed E-state index contributed by atoms with van der Waals surface area (Å²) < 4.78 is 61.1. The van der Waals surface area contributed by atoms with E-state index in [-0.39, 0.29) is 15.5 Å². The number of nitrogens with one attached hydrogen (secondary N) is 1. The molecule has 7 nitrogen and oxygen atoms in total. The normalized spacial score (nSPS) is 14.0. The third kappa shape index (κ3) is 4.41. The van der Waals surface area contributed by atoms with Crippen molar-refractivity contribution in [3.05, 3.63) is 77.3 Å². The van der Waals surface area contributed by atoms with Crippen molar-refractivity contribution in [1.82, 2.24) is 0 Å². The van der Waals surface area contributed by atoms with Crippen LogP contribution in [-0.4, -0.2) is 30.5 Å². The second kappa shape index (κ2) is 8.65. The van der Waals surface area contributed by atoms with Gasteiger partial charge in [0.15, 0.2) is 0 Å². The van der Waals surface area contributed by atoms with E-state index in [1.165, 1.54) is 47.8 Å². The average Bonchev–Trinajstić information content (AvgIpc) is 2.78. The first kappa shape index (κ1) is 22.4. The van der Waals surface area contributed by atoms with Crippen LogP contribution in [0.15, 0.2) is 76.5 Å². The molecular weight excluding hydrogens is 472 g/mol. The minimum Gasteiger partial charge on any atom is -0.497 e. The van der Waals surface area contributed by atoms with Crippen LogP contribution in [0.5, 0.6) is 5.75 Å². The zero-order valence-electron chi connectivity index (χ0n) is 17.2. The Morgan fingerprint density at radius 3 is 2.22 bits per heavy atom. The zero-order chi connectivity index (χ0) is 22.9. The number of hydrogen-bond donors (Lipinski definition) is 1. The van der Waals surface area contributed by atoms with E-state index in [0.29, 0.717) is 35.8 Å². The molecule has 1 aliphatic rings. The number of methoxy groups -OCH3 is 1. The van der Waals surface area contributed by atoms with Gasteiger partial charge in [0.2, 0.25) is 0 Å². The van der Waals surface area contributed by atoms with Crippen molar-refractivity contribution in [2.24, 2.45) is 0 Å². The first-order valence-electron chi connectivity index (χ1n) is 9.79. The van der Waals surface area contributed by atoms with Crippen LogP contribution in [0.1, 0.15) is 12.0 Å². The van der Waals surface area contributed by atoms with Crippen LogP contribution in [-0.2, 0) is 26.5 Å². The number of ether oxygens (including phenoxy) is 1. The molecule has 0 fully saturated rings. The molecule has 0 aromatic heterocycles. The van der Waals surface area contributed by atoms with E-state index in [0.717, 1.165) is 5.56 Å². The van der Waals surface area contributed by atoms with E-state index in [1.54, 1.807) is 30.3 Å². The summed E-state index contributed by atoms with van der Waals surface area (Å²) in [5.41, 5.74) is 1.57. The van der Waals surface area contributed by atoms with E-state index in [1.807, 2.05) is 0 Å². The van der Waals surface area contributed by atoms with Crippen molar-refractivity contribution in [3.63, 3.8) is 0 Å². The molecule has 10 heteroatoms. The predicted molar refractivity (Wildman–Crippen MR) is 125 cm³/mol. The molecule has 1 aliphatic heterocycles. The summed E-state index contributed by atoms with van der Waals surface area (Å²) in [4.78, 5) is 0.195. The van der Waals surface area contributed by atoms with Crippen molar-refractivity contribution in [3.8, 4) is 5.75 Å². The van der Waals surface area contributed by atoms with E-state index in [2.05, 4.69) is 4.72 Å². The zero-order valence-corrected chi connectivity index (χ0v) is 19.5. The summed E-state index contributed by atoms with van der Waals surface area (Å²) in [7, 11) is -6.18. The van der Waals surface area contributed by atoms with Crippen LogP contribution in [0.3, 0.4) is 0 Å². The molecule has 0 unspecified atom stereocenters. The Labute approximate surface area is 192 Å². The van der Waals surface area contributed by atoms with Gasteiger partial charge in [-0.2, -0.15) is 0 Å². The van der Waals surface area contributed by atoms with Crippen molar-refractivity contribution in [2.45, 2.75) is 22.6 Å². The molecule has 0 radical (unpaired) electrons. The molecule has 4 rings (SSSR count). The highest BCUT2D eigenvalue weighted by Crippen LogP contribution is 2.35. The molecule has 168 valence electrons. The molecule has 1 heterocycles. The fourth-order valence-corrected chi connectivity index (χ4v) is 6.27. The van der Waals surface area contributed by atoms with Gasteiger partial charge in [-0.3, -0.25) is 9.03 Å². The van der Waals surface area contributed by atoms with Gasteiger partial charge in [0.1, 0.15) is 5.75 Å². The lowest BCUT2D eigenvalue weighted by Gasteiger charge is -2.31. The van der Waals surface area contributed by atoms with E-state index >= 15 is 0 Å². The largest absolute Gasteiger partial charge is 0.497 e. The molecule has 0 atom stereocenters. The Kier molecular flexibility index (Phi) is 6.07. The summed E-state index contributed by atoms with van der Waals surface area (Å²) in [6, 6.07) is 16.9. The number of sulfonamides is 2. The minimum absolute atomic E-state index is 0.0577. The molecular formula is C22H21ClN2O5S2. The molecule has 3 aromatic rings. The third-order valence-electron chi connectivity index (χ3n) is 5.18. The smallest absolute Gasteiger partial charge is 0.264 e. The average molecular weight is 493 g/mol. The maximum Gasteiger partial charge on any atom is 0.264 e. The first-order valence-corrected chi connectivity index (χ1v) is 13.1. The number of aryl methyl sites for hydroxylation is 1. The Hall–Kier alpha value is -2.75. The van der Waals surface area contributed by atoms with Crippen LogP contribution in [0, 0.1) is 0 Å². The SMILES string of the molecule is COc1ccc(S(=O)(=O)N2CCCc3ccc(NS(=O)(=O)c4ccc(Cl)cc4)cc32)cc1. The Morgan fingerprint density at radius 2 is 1.56 bits per heavy atom. The molecule has 0 bridgehead atoms. The minimum atomic E-state index is -3.86. The van der Waals surface area contributed by atoms with Crippen LogP contribution < -0.4 is 13.8 Å². The van der Waals surface area contributed by atoms with Gasteiger partial charge in [0.05, 0.1) is 28.3 Å². The second-order valence-corrected chi connectivity index (χ2v) is 11.2. The molecule has 0 saturated heterocycles. The number of halogens is 1. The van der Waals surface area contributed by atoms with Crippen LogP contribution >= 0.6 is 11.6 Å². The fraction of sp³-hybridized carbons (Fsp3) is 0.182. The van der Waals surface area contributed by atoms with Gasteiger partial charge in [-0.1, -0.05) is 17.7 Å². The third-order valence-corrected chi connectivity index (χ3v) is 8.66. The number of benzene rings is 3. The molecule has 0 aliphatic carbocycles. The Balaban J connectivity index is 1.68. The van der Waals surface area contributed by atoms with Crippen LogP contribution in [0.2, 0.25) is 5.02 Å². The lowest BCUT2D eigenvalue weighted by atomic mass is 10.0. The van der Waals surface area contributed by atoms with Gasteiger partial charge in [-0.15, -0.1) is 0 Å². The fourth-order valence-electron chi connectivity index (χ4n) is 3.56. The Morgan fingerprint density at radius 1 is 0.906 bits per heavy atom. The second-order valence-electron chi connectivity index (χ2n) is 7.26. The van der Waals surface area contributed by atoms with E-state index < -0.39 is 20.0 Å². The predicted octanol–water partition coefficient (Wildman–Crippen LogP) is 4.29. The Bertz CT molecular complexity index is 1340. The highest BCUT2D eigenvalue weighted by molar-refractivity contribution is 7.93. The molecule has 3 aromatic carbocycles. The summed E-state index contributed by atoms with van der Waals surface area (Å²) in [6.07, 6.45) is 1.37. The van der Waals surface area contributed by atoms with Gasteiger partial charge in [0.25, 0.3) is 20.0 Å². The summed E-state index contributed by atoms with van der Waals surface area (Å²) in [5, 5.41) is 0.428. The van der Waals surface area contributed by atoms with Gasteiger partial charge in [-0.25, -0.2) is 16.8 Å². The summed E-state index contributed by atoms with van der Waals surface area (Å²) in [6.45, 7) is 0.300. The highest BCUT2D eigenvalue weighted by Gasteiger charge is 2.29. The number of anilines is 2. The summed E-state index contributed by atoms with van der Waals surface area (Å²) in [5.74, 6) is 0.557. The first-order chi connectivity index (χ1) is 15.2. The quantitative estimate of drug-likeness (QED) is 0.554. The van der Waals surface area contributed by atoms with Crippen LogP contribution in [0.4, 0.5) is 11.4 Å². The van der Waals surface area contributed by atoms with E-state index in [9.17, 15) is 16.8 Å². The topological polar surface area (TPSA) is 92.8 Å². The van der Waals surface area contributed by atoms with Crippen molar-refractivity contribution in [2.75, 3.05) is 22.7 Å². The number of rotatable bonds is 6. The number of fused-ring (bicyclic) bond motifs is 1. The number of nitrogens with zero attached hydrogens (tertiary/aromatic N) is 1. The molecule has 0 spiro atoms. The maximum absolute atomic E-state index is 13.3. The molecule has 0 amide bonds. The highest BCUT2D eigenvalue weighted by atomic mass is 35.5. The molecule has 0 saturated carbocycles. The van der Waals surface area contributed by atoms with E-state index in [4.69, 9.17) is 16.3 Å². The molecule has 1 N–H and O–H groups in total. The van der Waals surface area contributed by atoms with Gasteiger partial charge < -0.3 is 4.74 Å². The monoisotopic (exact) mass is 492 g/mol. The van der Waals surface area contributed by atoms with Gasteiger partial charge >= 0.3 is 0 Å². The van der Waals surface area contributed by atoms with Crippen molar-refractivity contribution in [1.29, 1.82) is 0 Å². The van der Waals surface area contributed by atoms with Crippen LogP contribution in [0.25, 0.3) is 0 Å². The lowest BCUT2D eigenvalue weighted by Crippen LogP contribution is -2.35. The molecule has 32 heavy (non-hydrogen) atoms. The van der Waals surface area contributed by atoms with Crippen molar-refractivity contribution < 1.29 is 21.6 Å². The van der Waals surface area contributed by atoms with Crippen molar-refractivity contribution >= 4 is 43.0 Å².